The maximum absolute atomic E-state index is 5.95. The van der Waals surface area contributed by atoms with E-state index in [9.17, 15) is 0 Å². The van der Waals surface area contributed by atoms with Gasteiger partial charge in [0.2, 0.25) is 5.88 Å². The highest BCUT2D eigenvalue weighted by molar-refractivity contribution is 9.10. The van der Waals surface area contributed by atoms with Gasteiger partial charge in [-0.1, -0.05) is 13.0 Å². The molecule has 2 aromatic rings. The van der Waals surface area contributed by atoms with Gasteiger partial charge in [0.1, 0.15) is 5.75 Å². The Bertz CT molecular complexity index is 579. The molecule has 0 aliphatic heterocycles. The molecule has 3 nitrogen and oxygen atoms in total. The van der Waals surface area contributed by atoms with Crippen LogP contribution < -0.4 is 10.1 Å². The van der Waals surface area contributed by atoms with Crippen LogP contribution in [0.4, 0.5) is 0 Å². The van der Waals surface area contributed by atoms with Crippen molar-refractivity contribution in [3.63, 3.8) is 0 Å². The van der Waals surface area contributed by atoms with Crippen molar-refractivity contribution >= 4 is 15.9 Å². The first-order valence-electron chi connectivity index (χ1n) is 6.69. The molecule has 0 radical (unpaired) electrons. The van der Waals surface area contributed by atoms with E-state index >= 15 is 0 Å². The van der Waals surface area contributed by atoms with Crippen molar-refractivity contribution < 1.29 is 4.74 Å². The fourth-order valence-electron chi connectivity index (χ4n) is 2.05. The molecule has 0 spiro atoms. The lowest BCUT2D eigenvalue weighted by Crippen LogP contribution is -2.13. The first kappa shape index (κ1) is 15.0. The van der Waals surface area contributed by atoms with E-state index in [0.29, 0.717) is 5.88 Å². The topological polar surface area (TPSA) is 34.2 Å². The van der Waals surface area contributed by atoms with Crippen LogP contribution in [0.3, 0.4) is 0 Å². The number of hydrogen-bond acceptors (Lipinski definition) is 3. The molecule has 1 aromatic heterocycles. The van der Waals surface area contributed by atoms with Gasteiger partial charge in [0, 0.05) is 22.8 Å². The minimum Gasteiger partial charge on any atom is -0.439 e. The standard InChI is InChI=1S/C16H19BrN2O/c1-4-18-9-13-8-14(17)10-19-16(13)20-15-6-11(2)5-12(3)7-15/h5-8,10,18H,4,9H2,1-3H3. The predicted octanol–water partition coefficient (Wildman–Crippen LogP) is 4.36. The molecule has 106 valence electrons. The van der Waals surface area contributed by atoms with Crippen molar-refractivity contribution in [1.82, 2.24) is 10.3 Å². The third-order valence-electron chi connectivity index (χ3n) is 2.87. The minimum absolute atomic E-state index is 0.652. The van der Waals surface area contributed by atoms with Crippen LogP contribution >= 0.6 is 15.9 Å². The molecule has 0 aliphatic carbocycles. The highest BCUT2D eigenvalue weighted by atomic mass is 79.9. The number of benzene rings is 1. The summed E-state index contributed by atoms with van der Waals surface area (Å²) >= 11 is 3.45. The Morgan fingerprint density at radius 1 is 1.15 bits per heavy atom. The largest absolute Gasteiger partial charge is 0.439 e. The Kier molecular flexibility index (Phi) is 5.15. The van der Waals surface area contributed by atoms with E-state index in [1.807, 2.05) is 18.2 Å². The average Bonchev–Trinajstić information content (AvgIpc) is 2.38. The summed E-state index contributed by atoms with van der Waals surface area (Å²) in [7, 11) is 0. The summed E-state index contributed by atoms with van der Waals surface area (Å²) < 4.78 is 6.91. The van der Waals surface area contributed by atoms with Crippen molar-refractivity contribution in [1.29, 1.82) is 0 Å². The molecule has 1 N–H and O–H groups in total. The van der Waals surface area contributed by atoms with Crippen molar-refractivity contribution in [3.8, 4) is 11.6 Å². The highest BCUT2D eigenvalue weighted by Crippen LogP contribution is 2.27. The van der Waals surface area contributed by atoms with Gasteiger partial charge in [-0.15, -0.1) is 0 Å². The Balaban J connectivity index is 2.27. The van der Waals surface area contributed by atoms with Gasteiger partial charge in [-0.25, -0.2) is 4.98 Å². The fraction of sp³-hybridized carbons (Fsp3) is 0.312. The summed E-state index contributed by atoms with van der Waals surface area (Å²) in [6.07, 6.45) is 1.76. The number of nitrogens with zero attached hydrogens (tertiary/aromatic N) is 1. The van der Waals surface area contributed by atoms with Gasteiger partial charge in [-0.3, -0.25) is 0 Å². The van der Waals surface area contributed by atoms with E-state index in [1.165, 1.54) is 11.1 Å². The lowest BCUT2D eigenvalue weighted by molar-refractivity contribution is 0.452. The van der Waals surface area contributed by atoms with Crippen LogP contribution in [0, 0.1) is 13.8 Å². The Morgan fingerprint density at radius 2 is 1.85 bits per heavy atom. The lowest BCUT2D eigenvalue weighted by Gasteiger charge is -2.12. The lowest BCUT2D eigenvalue weighted by atomic mass is 10.1. The van der Waals surface area contributed by atoms with E-state index in [2.05, 4.69) is 53.1 Å². The molecular weight excluding hydrogens is 316 g/mol. The Hall–Kier alpha value is -1.39. The molecule has 0 atom stereocenters. The van der Waals surface area contributed by atoms with Crippen molar-refractivity contribution in [2.45, 2.75) is 27.3 Å². The van der Waals surface area contributed by atoms with Crippen LogP contribution in [-0.2, 0) is 6.54 Å². The fourth-order valence-corrected chi connectivity index (χ4v) is 2.43. The molecule has 0 aliphatic rings. The van der Waals surface area contributed by atoms with Gasteiger partial charge in [-0.05, 0) is 65.6 Å². The number of halogens is 1. The second-order valence-electron chi connectivity index (χ2n) is 4.82. The molecule has 0 saturated carbocycles. The third kappa shape index (κ3) is 4.05. The molecule has 0 fully saturated rings. The number of rotatable bonds is 5. The quantitative estimate of drug-likeness (QED) is 0.881. The van der Waals surface area contributed by atoms with Gasteiger partial charge in [0.15, 0.2) is 0 Å². The van der Waals surface area contributed by atoms with Crippen molar-refractivity contribution in [2.75, 3.05) is 6.54 Å². The SMILES string of the molecule is CCNCc1cc(Br)cnc1Oc1cc(C)cc(C)c1. The first-order chi connectivity index (χ1) is 9.58. The van der Waals surface area contributed by atoms with E-state index in [1.54, 1.807) is 6.20 Å². The zero-order chi connectivity index (χ0) is 14.5. The Labute approximate surface area is 128 Å². The van der Waals surface area contributed by atoms with Crippen molar-refractivity contribution in [2.24, 2.45) is 0 Å². The third-order valence-corrected chi connectivity index (χ3v) is 3.30. The zero-order valence-electron chi connectivity index (χ0n) is 12.0. The van der Waals surface area contributed by atoms with Gasteiger partial charge >= 0.3 is 0 Å². The summed E-state index contributed by atoms with van der Waals surface area (Å²) in [5, 5.41) is 3.30. The maximum atomic E-state index is 5.95. The van der Waals surface area contributed by atoms with Crippen LogP contribution in [0.1, 0.15) is 23.6 Å². The number of aryl methyl sites for hydroxylation is 2. The van der Waals surface area contributed by atoms with Gasteiger partial charge in [0.25, 0.3) is 0 Å². The van der Waals surface area contributed by atoms with Gasteiger partial charge in [0.05, 0.1) is 0 Å². The van der Waals surface area contributed by atoms with Crippen LogP contribution in [0.15, 0.2) is 34.9 Å². The highest BCUT2D eigenvalue weighted by Gasteiger charge is 2.08. The molecule has 2 rings (SSSR count). The first-order valence-corrected chi connectivity index (χ1v) is 7.49. The summed E-state index contributed by atoms with van der Waals surface area (Å²) in [5.74, 6) is 1.48. The predicted molar refractivity (Wildman–Crippen MR) is 85.3 cm³/mol. The molecular formula is C16H19BrN2O. The molecule has 1 aromatic carbocycles. The number of pyridine rings is 1. The molecule has 4 heteroatoms. The molecule has 20 heavy (non-hydrogen) atoms. The van der Waals surface area contributed by atoms with E-state index < -0.39 is 0 Å². The van der Waals surface area contributed by atoms with Gasteiger partial charge in [-0.2, -0.15) is 0 Å². The van der Waals surface area contributed by atoms with E-state index in [0.717, 1.165) is 28.9 Å². The normalized spacial score (nSPS) is 10.6. The number of aromatic nitrogens is 1. The summed E-state index contributed by atoms with van der Waals surface area (Å²) in [6, 6.07) is 8.20. The van der Waals surface area contributed by atoms with E-state index in [4.69, 9.17) is 4.74 Å². The molecule has 0 bridgehead atoms. The molecule has 0 amide bonds. The number of hydrogen-bond donors (Lipinski definition) is 1. The van der Waals surface area contributed by atoms with Crippen LogP contribution in [0.25, 0.3) is 0 Å². The van der Waals surface area contributed by atoms with Gasteiger partial charge < -0.3 is 10.1 Å². The number of nitrogens with one attached hydrogen (secondary N) is 1. The second kappa shape index (κ2) is 6.86. The van der Waals surface area contributed by atoms with Crippen LogP contribution in [-0.4, -0.2) is 11.5 Å². The summed E-state index contributed by atoms with van der Waals surface area (Å²) in [6.45, 7) is 7.86. The second-order valence-corrected chi connectivity index (χ2v) is 5.74. The van der Waals surface area contributed by atoms with Crippen LogP contribution in [0.5, 0.6) is 11.6 Å². The minimum atomic E-state index is 0.652. The molecule has 0 saturated heterocycles. The zero-order valence-corrected chi connectivity index (χ0v) is 13.6. The maximum Gasteiger partial charge on any atom is 0.223 e. The molecule has 1 heterocycles. The average molecular weight is 335 g/mol. The smallest absolute Gasteiger partial charge is 0.223 e. The number of ether oxygens (including phenoxy) is 1. The monoisotopic (exact) mass is 334 g/mol. The summed E-state index contributed by atoms with van der Waals surface area (Å²) in [4.78, 5) is 4.38. The summed E-state index contributed by atoms with van der Waals surface area (Å²) in [5.41, 5.74) is 3.41. The van der Waals surface area contributed by atoms with Crippen LogP contribution in [0.2, 0.25) is 0 Å². The molecule has 0 unspecified atom stereocenters. The van der Waals surface area contributed by atoms with E-state index in [-0.39, 0.29) is 0 Å². The Morgan fingerprint density at radius 3 is 2.50 bits per heavy atom. The van der Waals surface area contributed by atoms with Crippen molar-refractivity contribution in [3.05, 3.63) is 51.6 Å².